The number of hydrogen-bond donors (Lipinski definition) is 2. The Kier molecular flexibility index (Phi) is 4.95. The predicted molar refractivity (Wildman–Crippen MR) is 117 cm³/mol. The highest BCUT2D eigenvalue weighted by atomic mass is 19.1. The van der Waals surface area contributed by atoms with Crippen LogP contribution in [-0.4, -0.2) is 30.8 Å². The molecule has 1 saturated carbocycles. The van der Waals surface area contributed by atoms with Gasteiger partial charge in [0.25, 0.3) is 0 Å². The van der Waals surface area contributed by atoms with Gasteiger partial charge in [0.2, 0.25) is 0 Å². The lowest BCUT2D eigenvalue weighted by molar-refractivity contribution is -0.142. The zero-order chi connectivity index (χ0) is 22.6. The fraction of sp³-hybridized carbons (Fsp3) is 0.375. The van der Waals surface area contributed by atoms with Crippen molar-refractivity contribution in [3.8, 4) is 5.69 Å². The van der Waals surface area contributed by atoms with Gasteiger partial charge in [-0.3, -0.25) is 9.89 Å². The van der Waals surface area contributed by atoms with Crippen molar-refractivity contribution in [2.24, 2.45) is 5.92 Å². The second-order valence-corrected chi connectivity index (χ2v) is 8.97. The Hall–Kier alpha value is -3.29. The number of halogens is 2. The van der Waals surface area contributed by atoms with Crippen molar-refractivity contribution in [3.05, 3.63) is 53.4 Å². The summed E-state index contributed by atoms with van der Waals surface area (Å²) in [6.45, 7) is 4.11. The van der Waals surface area contributed by atoms with Crippen LogP contribution in [0.4, 0.5) is 8.78 Å². The molecule has 0 amide bonds. The molecule has 32 heavy (non-hydrogen) atoms. The molecule has 0 unspecified atom stereocenters. The minimum atomic E-state index is -0.748. The molecule has 0 bridgehead atoms. The van der Waals surface area contributed by atoms with Gasteiger partial charge in [-0.1, -0.05) is 13.8 Å². The number of aromatic nitrogens is 4. The monoisotopic (exact) mass is 438 g/mol. The first kappa shape index (κ1) is 20.6. The Morgan fingerprint density at radius 2 is 1.81 bits per heavy atom. The maximum atomic E-state index is 14.2. The molecule has 1 aliphatic carbocycles. The van der Waals surface area contributed by atoms with Gasteiger partial charge in [0.05, 0.1) is 28.8 Å². The fourth-order valence-corrected chi connectivity index (χ4v) is 5.16. The topological polar surface area (TPSA) is 83.8 Å². The number of carboxylic acid groups (broad SMARTS) is 1. The number of carboxylic acids is 1. The van der Waals surface area contributed by atoms with Gasteiger partial charge in [0.15, 0.2) is 5.65 Å². The minimum absolute atomic E-state index is 0.0548. The van der Waals surface area contributed by atoms with Crippen LogP contribution in [0.1, 0.15) is 62.6 Å². The van der Waals surface area contributed by atoms with Gasteiger partial charge < -0.3 is 9.67 Å². The van der Waals surface area contributed by atoms with Gasteiger partial charge in [-0.05, 0) is 55.7 Å². The first-order chi connectivity index (χ1) is 15.3. The molecule has 0 spiro atoms. The van der Waals surface area contributed by atoms with Crippen molar-refractivity contribution < 1.29 is 18.7 Å². The third-order valence-corrected chi connectivity index (χ3v) is 6.56. The van der Waals surface area contributed by atoms with Crippen LogP contribution in [0.15, 0.2) is 30.5 Å². The maximum absolute atomic E-state index is 14.2. The Bertz CT molecular complexity index is 1310. The van der Waals surface area contributed by atoms with E-state index in [1.165, 1.54) is 12.1 Å². The van der Waals surface area contributed by atoms with Gasteiger partial charge in [-0.25, -0.2) is 13.8 Å². The highest BCUT2D eigenvalue weighted by molar-refractivity contribution is 5.93. The van der Waals surface area contributed by atoms with Gasteiger partial charge in [-0.2, -0.15) is 5.10 Å². The van der Waals surface area contributed by atoms with Crippen LogP contribution < -0.4 is 0 Å². The summed E-state index contributed by atoms with van der Waals surface area (Å²) in [4.78, 5) is 16.3. The molecule has 4 aromatic rings. The van der Waals surface area contributed by atoms with Crippen LogP contribution in [0.25, 0.3) is 27.8 Å². The highest BCUT2D eigenvalue weighted by Gasteiger charge is 2.33. The van der Waals surface area contributed by atoms with Gasteiger partial charge >= 0.3 is 5.97 Å². The highest BCUT2D eigenvalue weighted by Crippen LogP contribution is 2.44. The van der Waals surface area contributed by atoms with E-state index in [0.717, 1.165) is 46.6 Å². The summed E-state index contributed by atoms with van der Waals surface area (Å²) in [5.74, 6) is -2.18. The van der Waals surface area contributed by atoms with E-state index < -0.39 is 17.6 Å². The van der Waals surface area contributed by atoms with E-state index in [-0.39, 0.29) is 17.8 Å². The molecule has 3 heterocycles. The molecule has 3 aromatic heterocycles. The van der Waals surface area contributed by atoms with Crippen LogP contribution >= 0.6 is 0 Å². The van der Waals surface area contributed by atoms with E-state index in [1.807, 2.05) is 10.6 Å². The first-order valence-electron chi connectivity index (χ1n) is 10.9. The Balaban J connectivity index is 1.79. The lowest BCUT2D eigenvalue weighted by Gasteiger charge is -2.27. The first-order valence-corrected chi connectivity index (χ1v) is 10.9. The minimum Gasteiger partial charge on any atom is -0.481 e. The normalized spacial score (nSPS) is 19.3. The van der Waals surface area contributed by atoms with E-state index in [1.54, 1.807) is 6.20 Å². The van der Waals surface area contributed by atoms with Crippen molar-refractivity contribution in [1.82, 2.24) is 19.7 Å². The zero-order valence-electron chi connectivity index (χ0n) is 17.9. The van der Waals surface area contributed by atoms with Gasteiger partial charge in [-0.15, -0.1) is 0 Å². The Labute approximate surface area is 183 Å². The van der Waals surface area contributed by atoms with Gasteiger partial charge in [0.1, 0.15) is 11.6 Å². The molecule has 0 atom stereocenters. The molecular formula is C24H24F2N4O2. The summed E-state index contributed by atoms with van der Waals surface area (Å²) in [7, 11) is 0. The lowest BCUT2D eigenvalue weighted by atomic mass is 9.77. The van der Waals surface area contributed by atoms with E-state index in [2.05, 4.69) is 24.0 Å². The number of H-pyrrole nitrogens is 1. The maximum Gasteiger partial charge on any atom is 0.306 e. The molecular weight excluding hydrogens is 414 g/mol. The number of benzene rings is 1. The number of aliphatic carboxylic acids is 1. The molecule has 1 aliphatic rings. The Morgan fingerprint density at radius 3 is 2.44 bits per heavy atom. The van der Waals surface area contributed by atoms with Crippen molar-refractivity contribution in [2.45, 2.75) is 51.4 Å². The van der Waals surface area contributed by atoms with E-state index in [0.29, 0.717) is 24.2 Å². The number of nitrogens with zero attached hydrogens (tertiary/aromatic N) is 3. The third-order valence-electron chi connectivity index (χ3n) is 6.56. The number of aromatic amines is 1. The summed E-state index contributed by atoms with van der Waals surface area (Å²) >= 11 is 0. The van der Waals surface area contributed by atoms with Crippen LogP contribution in [0.5, 0.6) is 0 Å². The fourth-order valence-electron chi connectivity index (χ4n) is 5.16. The average Bonchev–Trinajstić information content (AvgIpc) is 3.33. The standard InChI is InChI=1S/C24H24F2N4O2/c1-12(2)22-20(13-3-5-14(6-4-13)24(31)32)21-19(7-15-11-27-29-23(15)28-21)30(22)18-9-16(25)8-17(26)10-18/h7-14H,3-6H2,1-2H3,(H,31,32)(H,27,28,29)/t13-,14-. The number of carbonyl (C=O) groups is 1. The molecule has 1 aromatic carbocycles. The predicted octanol–water partition coefficient (Wildman–Crippen LogP) is 5.66. The van der Waals surface area contributed by atoms with Crippen molar-refractivity contribution >= 4 is 28.0 Å². The number of fused-ring (bicyclic) bond motifs is 2. The Morgan fingerprint density at radius 1 is 1.12 bits per heavy atom. The van der Waals surface area contributed by atoms with Crippen LogP contribution in [0.3, 0.4) is 0 Å². The van der Waals surface area contributed by atoms with Crippen LogP contribution in [0, 0.1) is 17.6 Å². The SMILES string of the molecule is CC(C)c1c([C@H]2CC[C@H](C(=O)O)CC2)c2nc3[nH]ncc3cc2n1-c1cc(F)cc(F)c1. The van der Waals surface area contributed by atoms with Gasteiger partial charge in [0, 0.05) is 22.7 Å². The third kappa shape index (κ3) is 3.34. The van der Waals surface area contributed by atoms with E-state index in [4.69, 9.17) is 4.98 Å². The van der Waals surface area contributed by atoms with Crippen molar-refractivity contribution in [3.63, 3.8) is 0 Å². The van der Waals surface area contributed by atoms with Crippen molar-refractivity contribution in [1.29, 1.82) is 0 Å². The summed E-state index contributed by atoms with van der Waals surface area (Å²) < 4.78 is 30.3. The summed E-state index contributed by atoms with van der Waals surface area (Å²) in [5.41, 5.74) is 4.59. The molecule has 0 radical (unpaired) electrons. The number of nitrogens with one attached hydrogen (secondary N) is 1. The van der Waals surface area contributed by atoms with Crippen LogP contribution in [-0.2, 0) is 4.79 Å². The number of hydrogen-bond acceptors (Lipinski definition) is 3. The average molecular weight is 438 g/mol. The molecule has 8 heteroatoms. The lowest BCUT2D eigenvalue weighted by Crippen LogP contribution is -2.21. The molecule has 5 rings (SSSR count). The molecule has 0 saturated heterocycles. The van der Waals surface area contributed by atoms with E-state index >= 15 is 0 Å². The number of rotatable bonds is 4. The van der Waals surface area contributed by atoms with Crippen LogP contribution in [0.2, 0.25) is 0 Å². The molecule has 166 valence electrons. The van der Waals surface area contributed by atoms with Crippen molar-refractivity contribution in [2.75, 3.05) is 0 Å². The smallest absolute Gasteiger partial charge is 0.306 e. The second kappa shape index (κ2) is 7.69. The molecule has 2 N–H and O–H groups in total. The second-order valence-electron chi connectivity index (χ2n) is 8.97. The molecule has 0 aliphatic heterocycles. The largest absolute Gasteiger partial charge is 0.481 e. The number of pyridine rings is 1. The summed E-state index contributed by atoms with van der Waals surface area (Å²) in [5, 5.41) is 17.2. The summed E-state index contributed by atoms with van der Waals surface area (Å²) in [6, 6.07) is 5.48. The molecule has 1 fully saturated rings. The summed E-state index contributed by atoms with van der Waals surface area (Å²) in [6.07, 6.45) is 4.35. The molecule has 6 nitrogen and oxygen atoms in total. The quantitative estimate of drug-likeness (QED) is 0.431. The zero-order valence-corrected chi connectivity index (χ0v) is 17.9. The van der Waals surface area contributed by atoms with E-state index in [9.17, 15) is 18.7 Å².